The van der Waals surface area contributed by atoms with Crippen molar-refractivity contribution in [2.45, 2.75) is 38.6 Å². The van der Waals surface area contributed by atoms with E-state index >= 15 is 0 Å². The molecule has 3 nitrogen and oxygen atoms in total. The zero-order chi connectivity index (χ0) is 11.0. The van der Waals surface area contributed by atoms with Crippen molar-refractivity contribution in [1.29, 1.82) is 0 Å². The molecule has 1 fully saturated rings. The normalized spacial score (nSPS) is 15.6. The van der Waals surface area contributed by atoms with E-state index < -0.39 is 0 Å². The second kappa shape index (κ2) is 4.01. The summed E-state index contributed by atoms with van der Waals surface area (Å²) in [6, 6.07) is 0. The fraction of sp³-hybridized carbons (Fsp3) is 0.500. The van der Waals surface area contributed by atoms with Crippen molar-refractivity contribution in [1.82, 2.24) is 14.5 Å². The molecular weight excluding hydrogens is 218 g/mol. The number of hydrogen-bond acceptors (Lipinski definition) is 3. The van der Waals surface area contributed by atoms with Crippen molar-refractivity contribution in [2.75, 3.05) is 0 Å². The summed E-state index contributed by atoms with van der Waals surface area (Å²) in [7, 11) is 0. The number of hydrogen-bond donors (Lipinski definition) is 0. The Balaban J connectivity index is 1.79. The van der Waals surface area contributed by atoms with E-state index in [1.165, 1.54) is 29.4 Å². The van der Waals surface area contributed by atoms with E-state index in [0.717, 1.165) is 13.0 Å². The van der Waals surface area contributed by atoms with Crippen LogP contribution in [0.5, 0.6) is 0 Å². The van der Waals surface area contributed by atoms with Gasteiger partial charge in [-0.15, -0.1) is 11.3 Å². The smallest absolute Gasteiger partial charge is 0.113 e. The summed E-state index contributed by atoms with van der Waals surface area (Å²) < 4.78 is 2.25. The number of nitrogens with zero attached hydrogens (tertiary/aromatic N) is 3. The minimum absolute atomic E-state index is 0.709. The number of imidazole rings is 1. The third-order valence-electron chi connectivity index (χ3n) is 2.96. The number of thiazole rings is 1. The minimum Gasteiger partial charge on any atom is -0.328 e. The quantitative estimate of drug-likeness (QED) is 0.813. The molecule has 2 aromatic heterocycles. The Labute approximate surface area is 99.2 Å². The molecule has 0 N–H and O–H groups in total. The molecule has 0 atom stereocenters. The third-order valence-corrected chi connectivity index (χ3v) is 3.84. The molecule has 84 valence electrons. The molecule has 0 amide bonds. The second-order valence-corrected chi connectivity index (χ2v) is 5.22. The molecule has 0 aromatic carbocycles. The molecular formula is C12H15N3S. The molecule has 4 heteroatoms. The number of aromatic nitrogens is 3. The van der Waals surface area contributed by atoms with Crippen LogP contribution in [0.2, 0.25) is 0 Å². The highest BCUT2D eigenvalue weighted by Crippen LogP contribution is 2.39. The first-order valence-electron chi connectivity index (χ1n) is 5.81. The molecule has 3 rings (SSSR count). The van der Waals surface area contributed by atoms with Crippen molar-refractivity contribution in [3.05, 3.63) is 34.3 Å². The van der Waals surface area contributed by atoms with E-state index in [1.54, 1.807) is 11.3 Å². The van der Waals surface area contributed by atoms with Crippen LogP contribution < -0.4 is 0 Å². The van der Waals surface area contributed by atoms with Gasteiger partial charge in [0, 0.05) is 23.7 Å². The molecule has 16 heavy (non-hydrogen) atoms. The highest BCUT2D eigenvalue weighted by Gasteiger charge is 2.27. The Morgan fingerprint density at radius 2 is 2.38 bits per heavy atom. The first-order valence-corrected chi connectivity index (χ1v) is 6.69. The van der Waals surface area contributed by atoms with E-state index in [-0.39, 0.29) is 0 Å². The van der Waals surface area contributed by atoms with Crippen LogP contribution in [0.4, 0.5) is 0 Å². The zero-order valence-corrected chi connectivity index (χ0v) is 10.2. The van der Waals surface area contributed by atoms with Gasteiger partial charge in [-0.2, -0.15) is 0 Å². The monoisotopic (exact) mass is 233 g/mol. The second-order valence-electron chi connectivity index (χ2n) is 4.27. The van der Waals surface area contributed by atoms with E-state index in [9.17, 15) is 0 Å². The highest BCUT2D eigenvalue weighted by atomic mass is 32.1. The average molecular weight is 233 g/mol. The molecule has 0 radical (unpaired) electrons. The van der Waals surface area contributed by atoms with Crippen LogP contribution in [0.15, 0.2) is 17.8 Å². The lowest BCUT2D eigenvalue weighted by Crippen LogP contribution is -2.03. The van der Waals surface area contributed by atoms with Gasteiger partial charge in [-0.05, 0) is 19.3 Å². The summed E-state index contributed by atoms with van der Waals surface area (Å²) in [6.07, 6.45) is 7.60. The van der Waals surface area contributed by atoms with Crippen LogP contribution in [0.1, 0.15) is 42.2 Å². The lowest BCUT2D eigenvalue weighted by molar-refractivity contribution is 0.720. The molecule has 0 saturated heterocycles. The molecule has 0 aliphatic heterocycles. The van der Waals surface area contributed by atoms with E-state index in [0.29, 0.717) is 5.92 Å². The maximum atomic E-state index is 4.59. The van der Waals surface area contributed by atoms with Crippen LogP contribution in [0.3, 0.4) is 0 Å². The first-order chi connectivity index (χ1) is 7.86. The maximum Gasteiger partial charge on any atom is 0.113 e. The van der Waals surface area contributed by atoms with Crippen molar-refractivity contribution in [2.24, 2.45) is 0 Å². The van der Waals surface area contributed by atoms with Gasteiger partial charge in [-0.3, -0.25) is 0 Å². The summed E-state index contributed by atoms with van der Waals surface area (Å²) in [4.78, 5) is 9.04. The Hall–Kier alpha value is -1.16. The average Bonchev–Trinajstić information content (AvgIpc) is 2.88. The summed E-state index contributed by atoms with van der Waals surface area (Å²) in [5.41, 5.74) is 1.20. The van der Waals surface area contributed by atoms with Crippen LogP contribution in [-0.2, 0) is 13.0 Å². The molecule has 0 bridgehead atoms. The van der Waals surface area contributed by atoms with Gasteiger partial charge in [0.1, 0.15) is 10.8 Å². The summed E-state index contributed by atoms with van der Waals surface area (Å²) >= 11 is 1.75. The fourth-order valence-electron chi connectivity index (χ4n) is 1.89. The van der Waals surface area contributed by atoms with Gasteiger partial charge < -0.3 is 4.57 Å². The van der Waals surface area contributed by atoms with Crippen molar-refractivity contribution < 1.29 is 0 Å². The Morgan fingerprint density at radius 1 is 1.50 bits per heavy atom. The van der Waals surface area contributed by atoms with Gasteiger partial charge in [0.25, 0.3) is 0 Å². The summed E-state index contributed by atoms with van der Waals surface area (Å²) in [6.45, 7) is 3.03. The Morgan fingerprint density at radius 3 is 3.06 bits per heavy atom. The van der Waals surface area contributed by atoms with Crippen molar-refractivity contribution in [3.8, 4) is 0 Å². The molecule has 0 unspecified atom stereocenters. The summed E-state index contributed by atoms with van der Waals surface area (Å²) in [5.74, 6) is 1.95. The third kappa shape index (κ3) is 1.89. The topological polar surface area (TPSA) is 30.7 Å². The molecule has 1 saturated carbocycles. The lowest BCUT2D eigenvalue weighted by Gasteiger charge is -2.03. The fourth-order valence-corrected chi connectivity index (χ4v) is 2.76. The van der Waals surface area contributed by atoms with Gasteiger partial charge in [0.05, 0.1) is 12.2 Å². The zero-order valence-electron chi connectivity index (χ0n) is 9.39. The van der Waals surface area contributed by atoms with Crippen molar-refractivity contribution in [3.63, 3.8) is 0 Å². The van der Waals surface area contributed by atoms with Gasteiger partial charge in [-0.1, -0.05) is 6.92 Å². The summed E-state index contributed by atoms with van der Waals surface area (Å²) in [5, 5.41) is 3.35. The molecule has 0 spiro atoms. The van der Waals surface area contributed by atoms with Crippen molar-refractivity contribution >= 4 is 11.3 Å². The molecule has 2 heterocycles. The van der Waals surface area contributed by atoms with Gasteiger partial charge in [-0.25, -0.2) is 9.97 Å². The van der Waals surface area contributed by atoms with E-state index in [2.05, 4.69) is 33.0 Å². The predicted octanol–water partition coefficient (Wildman–Crippen LogP) is 2.83. The van der Waals surface area contributed by atoms with Crippen LogP contribution in [0.25, 0.3) is 0 Å². The Kier molecular flexibility index (Phi) is 2.52. The first kappa shape index (κ1) is 10.0. The largest absolute Gasteiger partial charge is 0.328 e. The number of aryl methyl sites for hydroxylation is 1. The minimum atomic E-state index is 0.709. The van der Waals surface area contributed by atoms with Gasteiger partial charge >= 0.3 is 0 Å². The van der Waals surface area contributed by atoms with E-state index in [4.69, 9.17) is 0 Å². The molecule has 1 aliphatic carbocycles. The highest BCUT2D eigenvalue weighted by molar-refractivity contribution is 7.09. The van der Waals surface area contributed by atoms with Gasteiger partial charge in [0.15, 0.2) is 0 Å². The number of rotatable bonds is 4. The maximum absolute atomic E-state index is 4.59. The van der Waals surface area contributed by atoms with Crippen LogP contribution in [-0.4, -0.2) is 14.5 Å². The van der Waals surface area contributed by atoms with E-state index in [1.807, 2.05) is 6.20 Å². The standard InChI is InChI=1S/C12H15N3S/c1-2-10-8-16-11(14-10)7-15-6-5-13-12(15)9-3-4-9/h5-6,8-9H,2-4,7H2,1H3. The Bertz CT molecular complexity index is 482. The van der Waals surface area contributed by atoms with Crippen LogP contribution >= 0.6 is 11.3 Å². The molecule has 2 aromatic rings. The SMILES string of the molecule is CCc1csc(Cn2ccnc2C2CC2)n1. The molecule has 1 aliphatic rings. The van der Waals surface area contributed by atoms with Gasteiger partial charge in [0.2, 0.25) is 0 Å². The lowest BCUT2D eigenvalue weighted by atomic mass is 10.4. The van der Waals surface area contributed by atoms with Crippen LogP contribution in [0, 0.1) is 0 Å². The predicted molar refractivity (Wildman–Crippen MR) is 64.8 cm³/mol.